The first-order valence-corrected chi connectivity index (χ1v) is 14.4. The number of hydrogen-bond donors (Lipinski definition) is 1. The average molecular weight is 556 g/mol. The highest BCUT2D eigenvalue weighted by Crippen LogP contribution is 2.22. The highest BCUT2D eigenvalue weighted by Gasteiger charge is 2.30. The van der Waals surface area contributed by atoms with Crippen LogP contribution in [0.5, 0.6) is 0 Å². The summed E-state index contributed by atoms with van der Waals surface area (Å²) < 4.78 is 27.0. The molecular weight excluding hydrogens is 522 g/mol. The number of amides is 2. The number of carbonyl (C=O) groups excluding carboxylic acids is 2. The smallest absolute Gasteiger partial charge is 0.243 e. The van der Waals surface area contributed by atoms with Crippen molar-refractivity contribution in [1.82, 2.24) is 14.5 Å². The lowest BCUT2D eigenvalue weighted by molar-refractivity contribution is -0.141. The second-order valence-electron chi connectivity index (χ2n) is 8.96. The molecule has 0 aliphatic carbocycles. The standard InChI is InChI=1S/C29H34ClN3O4S/c1-3-31-29(35)27(21-23-13-6-4-7-14-23)33(22-24-15-10-11-18-26(24)30)28(34)19-12-20-32(2)38(36,37)25-16-8-5-9-17-25/h4-11,13-18,27H,3,12,19-22H2,1-2H3,(H,31,35)/t27-/m0/s1. The van der Waals surface area contributed by atoms with Crippen molar-refractivity contribution < 1.29 is 18.0 Å². The molecule has 0 aliphatic rings. The lowest BCUT2D eigenvalue weighted by Gasteiger charge is -2.32. The molecule has 0 spiro atoms. The number of carbonyl (C=O) groups is 2. The van der Waals surface area contributed by atoms with Crippen molar-refractivity contribution >= 4 is 33.4 Å². The van der Waals surface area contributed by atoms with Crippen LogP contribution in [0.25, 0.3) is 0 Å². The molecule has 7 nitrogen and oxygen atoms in total. The van der Waals surface area contributed by atoms with Crippen molar-refractivity contribution in [2.24, 2.45) is 0 Å². The Balaban J connectivity index is 1.81. The summed E-state index contributed by atoms with van der Waals surface area (Å²) in [5, 5.41) is 3.37. The SMILES string of the molecule is CCNC(=O)[C@H](Cc1ccccc1)N(Cc1ccccc1Cl)C(=O)CCCN(C)S(=O)(=O)c1ccccc1. The second-order valence-corrected chi connectivity index (χ2v) is 11.4. The Labute approximate surface area is 230 Å². The molecule has 0 bridgehead atoms. The van der Waals surface area contributed by atoms with Gasteiger partial charge in [-0.15, -0.1) is 0 Å². The van der Waals surface area contributed by atoms with Crippen LogP contribution < -0.4 is 5.32 Å². The van der Waals surface area contributed by atoms with Gasteiger partial charge in [0, 0.05) is 44.5 Å². The zero-order valence-corrected chi connectivity index (χ0v) is 23.3. The number of benzene rings is 3. The molecule has 1 N–H and O–H groups in total. The summed E-state index contributed by atoms with van der Waals surface area (Å²) in [4.78, 5) is 28.6. The predicted octanol–water partition coefficient (Wildman–Crippen LogP) is 4.52. The highest BCUT2D eigenvalue weighted by atomic mass is 35.5. The van der Waals surface area contributed by atoms with E-state index >= 15 is 0 Å². The second kappa shape index (κ2) is 14.1. The van der Waals surface area contributed by atoms with Gasteiger partial charge in [0.15, 0.2) is 0 Å². The molecule has 0 heterocycles. The van der Waals surface area contributed by atoms with E-state index in [0.717, 1.165) is 11.1 Å². The summed E-state index contributed by atoms with van der Waals surface area (Å²) in [6, 6.07) is 24.2. The van der Waals surface area contributed by atoms with E-state index in [1.807, 2.05) is 55.5 Å². The molecule has 0 aliphatic heterocycles. The van der Waals surface area contributed by atoms with Crippen LogP contribution in [0.3, 0.4) is 0 Å². The van der Waals surface area contributed by atoms with Gasteiger partial charge in [0.25, 0.3) is 0 Å². The third kappa shape index (κ3) is 7.90. The van der Waals surface area contributed by atoms with Gasteiger partial charge in [-0.2, -0.15) is 0 Å². The third-order valence-corrected chi connectivity index (χ3v) is 8.48. The quantitative estimate of drug-likeness (QED) is 0.336. The first-order chi connectivity index (χ1) is 18.2. The normalized spacial score (nSPS) is 12.2. The summed E-state index contributed by atoms with van der Waals surface area (Å²) in [7, 11) is -2.16. The number of hydrogen-bond acceptors (Lipinski definition) is 4. The molecule has 202 valence electrons. The van der Waals surface area contributed by atoms with Crippen LogP contribution in [0.15, 0.2) is 89.8 Å². The summed E-state index contributed by atoms with van der Waals surface area (Å²) in [6.07, 6.45) is 0.711. The first kappa shape index (κ1) is 29.4. The zero-order chi connectivity index (χ0) is 27.5. The Morgan fingerprint density at radius 3 is 2.16 bits per heavy atom. The fourth-order valence-electron chi connectivity index (χ4n) is 4.15. The van der Waals surface area contributed by atoms with Crippen molar-refractivity contribution in [2.45, 2.75) is 43.7 Å². The Kier molecular flexibility index (Phi) is 10.9. The molecule has 38 heavy (non-hydrogen) atoms. The first-order valence-electron chi connectivity index (χ1n) is 12.6. The maximum absolute atomic E-state index is 13.6. The Morgan fingerprint density at radius 1 is 0.921 bits per heavy atom. The number of likely N-dealkylation sites (N-methyl/N-ethyl adjacent to an activating group) is 1. The lowest BCUT2D eigenvalue weighted by atomic mass is 10.0. The summed E-state index contributed by atoms with van der Waals surface area (Å²) >= 11 is 6.42. The fourth-order valence-corrected chi connectivity index (χ4v) is 5.57. The molecular formula is C29H34ClN3O4S. The maximum atomic E-state index is 13.6. The molecule has 0 saturated carbocycles. The molecule has 3 rings (SSSR count). The minimum absolute atomic E-state index is 0.0732. The van der Waals surface area contributed by atoms with Crippen LogP contribution in [-0.4, -0.2) is 55.6 Å². The Morgan fingerprint density at radius 2 is 1.53 bits per heavy atom. The molecule has 0 aromatic heterocycles. The zero-order valence-electron chi connectivity index (χ0n) is 21.7. The van der Waals surface area contributed by atoms with E-state index in [2.05, 4.69) is 5.32 Å². The molecule has 0 radical (unpaired) electrons. The molecule has 0 unspecified atom stereocenters. The van der Waals surface area contributed by atoms with Crippen LogP contribution in [0.1, 0.15) is 30.9 Å². The van der Waals surface area contributed by atoms with E-state index in [-0.39, 0.29) is 36.2 Å². The van der Waals surface area contributed by atoms with Crippen LogP contribution in [0.2, 0.25) is 5.02 Å². The van der Waals surface area contributed by atoms with Crippen LogP contribution in [0, 0.1) is 0 Å². The molecule has 0 saturated heterocycles. The molecule has 2 amide bonds. The largest absolute Gasteiger partial charge is 0.355 e. The molecule has 3 aromatic carbocycles. The van der Waals surface area contributed by atoms with Gasteiger partial charge in [0.1, 0.15) is 6.04 Å². The monoisotopic (exact) mass is 555 g/mol. The van der Waals surface area contributed by atoms with E-state index in [9.17, 15) is 18.0 Å². The van der Waals surface area contributed by atoms with Crippen LogP contribution in [-0.2, 0) is 32.6 Å². The van der Waals surface area contributed by atoms with Gasteiger partial charge in [-0.1, -0.05) is 78.3 Å². The number of halogens is 1. The number of rotatable bonds is 13. The van der Waals surface area contributed by atoms with Crippen molar-refractivity contribution in [1.29, 1.82) is 0 Å². The van der Waals surface area contributed by atoms with E-state index in [1.165, 1.54) is 11.4 Å². The Hall–Kier alpha value is -3.20. The molecule has 3 aromatic rings. The van der Waals surface area contributed by atoms with E-state index in [0.29, 0.717) is 24.4 Å². The Bertz CT molecular complexity index is 1300. The lowest BCUT2D eigenvalue weighted by Crippen LogP contribution is -2.50. The van der Waals surface area contributed by atoms with Gasteiger partial charge in [0.2, 0.25) is 21.8 Å². The van der Waals surface area contributed by atoms with Gasteiger partial charge in [-0.25, -0.2) is 12.7 Å². The van der Waals surface area contributed by atoms with Gasteiger partial charge in [0.05, 0.1) is 4.90 Å². The van der Waals surface area contributed by atoms with Crippen molar-refractivity contribution in [3.63, 3.8) is 0 Å². The minimum atomic E-state index is -3.66. The average Bonchev–Trinajstić information content (AvgIpc) is 2.92. The number of nitrogens with one attached hydrogen (secondary N) is 1. The van der Waals surface area contributed by atoms with Gasteiger partial charge in [-0.05, 0) is 42.7 Å². The van der Waals surface area contributed by atoms with Crippen LogP contribution in [0.4, 0.5) is 0 Å². The predicted molar refractivity (Wildman–Crippen MR) is 150 cm³/mol. The van der Waals surface area contributed by atoms with E-state index in [1.54, 1.807) is 41.3 Å². The maximum Gasteiger partial charge on any atom is 0.243 e. The fraction of sp³-hybridized carbons (Fsp3) is 0.310. The number of nitrogens with zero attached hydrogens (tertiary/aromatic N) is 2. The van der Waals surface area contributed by atoms with Crippen molar-refractivity contribution in [3.8, 4) is 0 Å². The van der Waals surface area contributed by atoms with Crippen LogP contribution >= 0.6 is 11.6 Å². The third-order valence-electron chi connectivity index (χ3n) is 6.24. The number of sulfonamides is 1. The topological polar surface area (TPSA) is 86.8 Å². The van der Waals surface area contributed by atoms with Crippen molar-refractivity contribution in [3.05, 3.63) is 101 Å². The van der Waals surface area contributed by atoms with E-state index in [4.69, 9.17) is 11.6 Å². The summed E-state index contributed by atoms with van der Waals surface area (Å²) in [5.74, 6) is -0.497. The van der Waals surface area contributed by atoms with Gasteiger partial charge < -0.3 is 10.2 Å². The molecule has 1 atom stereocenters. The minimum Gasteiger partial charge on any atom is -0.355 e. The summed E-state index contributed by atoms with van der Waals surface area (Å²) in [5.41, 5.74) is 1.66. The molecule has 0 fully saturated rings. The van der Waals surface area contributed by atoms with Gasteiger partial charge >= 0.3 is 0 Å². The van der Waals surface area contributed by atoms with Crippen molar-refractivity contribution in [2.75, 3.05) is 20.1 Å². The highest BCUT2D eigenvalue weighted by molar-refractivity contribution is 7.89. The molecule has 9 heteroatoms. The van der Waals surface area contributed by atoms with E-state index < -0.39 is 16.1 Å². The summed E-state index contributed by atoms with van der Waals surface area (Å²) in [6.45, 7) is 2.58. The van der Waals surface area contributed by atoms with Gasteiger partial charge in [-0.3, -0.25) is 9.59 Å².